The first-order valence-corrected chi connectivity index (χ1v) is 6.12. The van der Waals surface area contributed by atoms with E-state index in [1.807, 2.05) is 0 Å². The van der Waals surface area contributed by atoms with Crippen molar-refractivity contribution in [2.75, 3.05) is 13.1 Å². The van der Waals surface area contributed by atoms with Crippen molar-refractivity contribution in [2.45, 2.75) is 25.3 Å². The lowest BCUT2D eigenvalue weighted by Crippen LogP contribution is -2.28. The molecule has 0 radical (unpaired) electrons. The lowest BCUT2D eigenvalue weighted by atomic mass is 10.1. The lowest BCUT2D eigenvalue weighted by Gasteiger charge is -2.16. The van der Waals surface area contributed by atoms with E-state index < -0.39 is 17.8 Å². The molecular formula is C13H14F3NO3. The molecular weight excluding hydrogens is 275 g/mol. The van der Waals surface area contributed by atoms with Crippen LogP contribution in [0.25, 0.3) is 0 Å². The van der Waals surface area contributed by atoms with Crippen LogP contribution in [0.3, 0.4) is 0 Å². The number of rotatable bonds is 3. The Morgan fingerprint density at radius 3 is 2.70 bits per heavy atom. The molecule has 1 aliphatic rings. The monoisotopic (exact) mass is 289 g/mol. The van der Waals surface area contributed by atoms with Crippen LogP contribution in [0.4, 0.5) is 18.0 Å². The molecule has 0 saturated carbocycles. The number of halogens is 3. The van der Waals surface area contributed by atoms with Crippen LogP contribution in [0.1, 0.15) is 17.5 Å². The average molecular weight is 289 g/mol. The predicted octanol–water partition coefficient (Wildman–Crippen LogP) is 2.97. The SMILES string of the molecule is O=C(O)N1CCC(OCc2ccccc2C(F)(F)F)C1. The Morgan fingerprint density at radius 1 is 1.40 bits per heavy atom. The number of hydrogen-bond acceptors (Lipinski definition) is 2. The molecule has 7 heteroatoms. The molecule has 1 fully saturated rings. The van der Waals surface area contributed by atoms with Crippen LogP contribution in [0.15, 0.2) is 24.3 Å². The third kappa shape index (κ3) is 3.41. The van der Waals surface area contributed by atoms with Crippen molar-refractivity contribution in [1.29, 1.82) is 0 Å². The second kappa shape index (κ2) is 5.70. The summed E-state index contributed by atoms with van der Waals surface area (Å²) in [6.45, 7) is 0.373. The number of ether oxygens (including phenoxy) is 1. The molecule has 4 nitrogen and oxygen atoms in total. The van der Waals surface area contributed by atoms with Gasteiger partial charge in [-0.25, -0.2) is 4.79 Å². The van der Waals surface area contributed by atoms with Crippen molar-refractivity contribution in [3.63, 3.8) is 0 Å². The summed E-state index contributed by atoms with van der Waals surface area (Å²) in [5.41, 5.74) is -0.651. The predicted molar refractivity (Wildman–Crippen MR) is 64.2 cm³/mol. The Morgan fingerprint density at radius 2 is 2.10 bits per heavy atom. The zero-order chi connectivity index (χ0) is 14.8. The van der Waals surface area contributed by atoms with E-state index in [9.17, 15) is 18.0 Å². The Labute approximate surface area is 113 Å². The van der Waals surface area contributed by atoms with Crippen molar-refractivity contribution in [3.05, 3.63) is 35.4 Å². The summed E-state index contributed by atoms with van der Waals surface area (Å²) in [6.07, 6.45) is -5.30. The first-order chi connectivity index (χ1) is 9.38. The van der Waals surface area contributed by atoms with Crippen LogP contribution < -0.4 is 0 Å². The van der Waals surface area contributed by atoms with Crippen LogP contribution in [0.2, 0.25) is 0 Å². The highest BCUT2D eigenvalue weighted by Crippen LogP contribution is 2.32. The van der Waals surface area contributed by atoms with Gasteiger partial charge in [0.05, 0.1) is 24.8 Å². The molecule has 20 heavy (non-hydrogen) atoms. The van der Waals surface area contributed by atoms with Gasteiger partial charge in [-0.1, -0.05) is 18.2 Å². The fourth-order valence-electron chi connectivity index (χ4n) is 2.17. The number of likely N-dealkylation sites (tertiary alicyclic amines) is 1. The second-order valence-electron chi connectivity index (χ2n) is 4.61. The topological polar surface area (TPSA) is 49.8 Å². The summed E-state index contributed by atoms with van der Waals surface area (Å²) in [7, 11) is 0. The molecule has 1 aromatic carbocycles. The maximum atomic E-state index is 12.8. The van der Waals surface area contributed by atoms with Crippen LogP contribution in [0.5, 0.6) is 0 Å². The Balaban J connectivity index is 1.97. The standard InChI is InChI=1S/C13H14F3NO3/c14-13(15,16)11-4-2-1-3-9(11)8-20-10-5-6-17(7-10)12(18)19/h1-4,10H,5-8H2,(H,18,19). The van der Waals surface area contributed by atoms with Crippen LogP contribution >= 0.6 is 0 Å². The molecule has 1 N–H and O–H groups in total. The van der Waals surface area contributed by atoms with E-state index in [1.165, 1.54) is 23.1 Å². The molecule has 0 aliphatic carbocycles. The molecule has 1 aliphatic heterocycles. The number of amides is 1. The number of carboxylic acid groups (broad SMARTS) is 1. The highest BCUT2D eigenvalue weighted by molar-refractivity contribution is 5.65. The van der Waals surface area contributed by atoms with Gasteiger partial charge in [-0.05, 0) is 18.1 Å². The fraction of sp³-hybridized carbons (Fsp3) is 0.462. The zero-order valence-electron chi connectivity index (χ0n) is 10.6. The second-order valence-corrected chi connectivity index (χ2v) is 4.61. The summed E-state index contributed by atoms with van der Waals surface area (Å²) >= 11 is 0. The molecule has 1 unspecified atom stereocenters. The largest absolute Gasteiger partial charge is 0.465 e. The molecule has 1 amide bonds. The molecule has 0 spiro atoms. The van der Waals surface area contributed by atoms with E-state index >= 15 is 0 Å². The third-order valence-corrected chi connectivity index (χ3v) is 3.21. The van der Waals surface area contributed by atoms with Crippen LogP contribution in [0, 0.1) is 0 Å². The number of nitrogens with zero attached hydrogens (tertiary/aromatic N) is 1. The van der Waals surface area contributed by atoms with Crippen molar-refractivity contribution in [3.8, 4) is 0 Å². The molecule has 0 bridgehead atoms. The lowest BCUT2D eigenvalue weighted by molar-refractivity contribution is -0.139. The van der Waals surface area contributed by atoms with Crippen molar-refractivity contribution in [1.82, 2.24) is 4.90 Å². The Kier molecular flexibility index (Phi) is 4.17. The van der Waals surface area contributed by atoms with Crippen molar-refractivity contribution < 1.29 is 27.8 Å². The van der Waals surface area contributed by atoms with E-state index in [-0.39, 0.29) is 24.8 Å². The number of alkyl halides is 3. The van der Waals surface area contributed by atoms with E-state index in [1.54, 1.807) is 0 Å². The smallest absolute Gasteiger partial charge is 0.416 e. The number of benzene rings is 1. The molecule has 0 aromatic heterocycles. The fourth-order valence-corrected chi connectivity index (χ4v) is 2.17. The maximum absolute atomic E-state index is 12.8. The summed E-state index contributed by atoms with van der Waals surface area (Å²) in [5.74, 6) is 0. The normalized spacial score (nSPS) is 19.4. The Hall–Kier alpha value is -1.76. The molecule has 1 saturated heterocycles. The van der Waals surface area contributed by atoms with Gasteiger partial charge in [0.15, 0.2) is 0 Å². The van der Waals surface area contributed by atoms with Gasteiger partial charge < -0.3 is 14.7 Å². The molecule has 1 atom stereocenters. The van der Waals surface area contributed by atoms with Crippen LogP contribution in [-0.2, 0) is 17.5 Å². The molecule has 110 valence electrons. The zero-order valence-corrected chi connectivity index (χ0v) is 10.6. The minimum atomic E-state index is -4.41. The summed E-state index contributed by atoms with van der Waals surface area (Å²) in [6, 6.07) is 5.23. The van der Waals surface area contributed by atoms with Gasteiger partial charge in [0, 0.05) is 6.54 Å². The van der Waals surface area contributed by atoms with Crippen molar-refractivity contribution in [2.24, 2.45) is 0 Å². The van der Waals surface area contributed by atoms with Gasteiger partial charge in [0.2, 0.25) is 0 Å². The summed E-state index contributed by atoms with van der Waals surface area (Å²) in [5, 5.41) is 8.79. The minimum absolute atomic E-state index is 0.0637. The van der Waals surface area contributed by atoms with Crippen LogP contribution in [-0.4, -0.2) is 35.3 Å². The maximum Gasteiger partial charge on any atom is 0.416 e. The van der Waals surface area contributed by atoms with Gasteiger partial charge >= 0.3 is 12.3 Å². The minimum Gasteiger partial charge on any atom is -0.465 e. The number of hydrogen-bond donors (Lipinski definition) is 1. The van der Waals surface area contributed by atoms with Gasteiger partial charge in [-0.15, -0.1) is 0 Å². The third-order valence-electron chi connectivity index (χ3n) is 3.21. The highest BCUT2D eigenvalue weighted by atomic mass is 19.4. The molecule has 1 aromatic rings. The van der Waals surface area contributed by atoms with Gasteiger partial charge in [0.25, 0.3) is 0 Å². The van der Waals surface area contributed by atoms with E-state index in [4.69, 9.17) is 9.84 Å². The van der Waals surface area contributed by atoms with Crippen molar-refractivity contribution >= 4 is 6.09 Å². The van der Waals surface area contributed by atoms with E-state index in [0.717, 1.165) is 6.07 Å². The quantitative estimate of drug-likeness (QED) is 0.930. The van der Waals surface area contributed by atoms with E-state index in [2.05, 4.69) is 0 Å². The van der Waals surface area contributed by atoms with Gasteiger partial charge in [-0.3, -0.25) is 0 Å². The Bertz CT molecular complexity index is 490. The summed E-state index contributed by atoms with van der Waals surface area (Å²) in [4.78, 5) is 11.9. The first-order valence-electron chi connectivity index (χ1n) is 6.12. The highest BCUT2D eigenvalue weighted by Gasteiger charge is 2.33. The van der Waals surface area contributed by atoms with Gasteiger partial charge in [0.1, 0.15) is 0 Å². The first kappa shape index (κ1) is 14.6. The molecule has 2 rings (SSSR count). The van der Waals surface area contributed by atoms with E-state index in [0.29, 0.717) is 13.0 Å². The number of carbonyl (C=O) groups is 1. The summed E-state index contributed by atoms with van der Waals surface area (Å²) < 4.78 is 43.7. The molecule has 1 heterocycles. The van der Waals surface area contributed by atoms with Gasteiger partial charge in [-0.2, -0.15) is 13.2 Å². The average Bonchev–Trinajstić information content (AvgIpc) is 2.84.